The summed E-state index contributed by atoms with van der Waals surface area (Å²) in [4.78, 5) is 19.9. The fourth-order valence-corrected chi connectivity index (χ4v) is 2.27. The quantitative estimate of drug-likeness (QED) is 0.680. The van der Waals surface area contributed by atoms with Gasteiger partial charge in [0.05, 0.1) is 25.4 Å². The number of carbonyl (C=O) groups is 1. The molecule has 2 aromatic heterocycles. The number of nitrogens with zero attached hydrogens (tertiary/aromatic N) is 4. The Balaban J connectivity index is 1.89. The number of hydrogen-bond donors (Lipinski definition) is 2. The molecule has 0 aliphatic rings. The van der Waals surface area contributed by atoms with Gasteiger partial charge in [0.15, 0.2) is 5.82 Å². The van der Waals surface area contributed by atoms with Crippen LogP contribution >= 0.6 is 0 Å². The van der Waals surface area contributed by atoms with Crippen LogP contribution in [0.15, 0.2) is 41.8 Å². The van der Waals surface area contributed by atoms with Crippen LogP contribution in [0.5, 0.6) is 5.75 Å². The number of pyridine rings is 1. The van der Waals surface area contributed by atoms with Crippen molar-refractivity contribution in [3.05, 3.63) is 42.2 Å². The molecule has 26 heavy (non-hydrogen) atoms. The van der Waals surface area contributed by atoms with Crippen LogP contribution in [0.4, 0.5) is 16.4 Å². The number of ether oxygens (including phenoxy) is 2. The van der Waals surface area contributed by atoms with E-state index in [9.17, 15) is 4.79 Å². The number of hydrogen-bond acceptors (Lipinski definition) is 7. The lowest BCUT2D eigenvalue weighted by atomic mass is 10.2. The molecule has 0 fully saturated rings. The van der Waals surface area contributed by atoms with Gasteiger partial charge in [-0.3, -0.25) is 5.32 Å². The largest absolute Gasteiger partial charge is 0.497 e. The Bertz CT molecular complexity index is 949. The Kier molecular flexibility index (Phi) is 4.97. The first kappa shape index (κ1) is 17.2. The van der Waals surface area contributed by atoms with Crippen molar-refractivity contribution in [3.8, 4) is 5.75 Å². The van der Waals surface area contributed by atoms with Crippen LogP contribution in [-0.4, -0.2) is 40.7 Å². The third-order valence-electron chi connectivity index (χ3n) is 3.50. The maximum absolute atomic E-state index is 11.6. The van der Waals surface area contributed by atoms with Crippen molar-refractivity contribution in [2.75, 3.05) is 24.8 Å². The first-order valence-corrected chi connectivity index (χ1v) is 7.86. The minimum atomic E-state index is -0.605. The number of nitrogens with two attached hydrogens (primary N) is 1. The van der Waals surface area contributed by atoms with Crippen LogP contribution in [0.2, 0.25) is 0 Å². The predicted molar refractivity (Wildman–Crippen MR) is 98.6 cm³/mol. The second kappa shape index (κ2) is 7.51. The van der Waals surface area contributed by atoms with Crippen LogP contribution in [0.3, 0.4) is 0 Å². The number of methoxy groups -OCH3 is 1. The number of fused-ring (bicyclic) bond motifs is 1. The van der Waals surface area contributed by atoms with E-state index < -0.39 is 6.09 Å². The van der Waals surface area contributed by atoms with Crippen molar-refractivity contribution < 1.29 is 14.3 Å². The second-order valence-corrected chi connectivity index (χ2v) is 5.21. The summed E-state index contributed by atoms with van der Waals surface area (Å²) >= 11 is 0. The molecule has 1 amide bonds. The Morgan fingerprint density at radius 2 is 2.15 bits per heavy atom. The highest BCUT2D eigenvalue weighted by atomic mass is 16.5. The lowest BCUT2D eigenvalue weighted by molar-refractivity contribution is 0.168. The molecule has 0 spiro atoms. The standard InChI is InChI=1S/C17H18N6O3/c1-3-26-17(24)22-14-8-13-15(16(18)21-14)19-10-23(13)20-9-11-4-6-12(25-2)7-5-11/h4-10H,3H2,1-2H3,(H3,18,21,22,24). The molecule has 1 aromatic carbocycles. The molecule has 9 nitrogen and oxygen atoms in total. The van der Waals surface area contributed by atoms with Crippen molar-refractivity contribution in [1.29, 1.82) is 0 Å². The molecule has 134 valence electrons. The van der Waals surface area contributed by atoms with E-state index >= 15 is 0 Å². The summed E-state index contributed by atoms with van der Waals surface area (Å²) in [6, 6.07) is 9.07. The molecular formula is C17H18N6O3. The van der Waals surface area contributed by atoms with E-state index in [0.29, 0.717) is 11.0 Å². The van der Waals surface area contributed by atoms with Crippen LogP contribution in [0.25, 0.3) is 11.0 Å². The van der Waals surface area contributed by atoms with Crippen LogP contribution in [0.1, 0.15) is 12.5 Å². The van der Waals surface area contributed by atoms with Gasteiger partial charge in [-0.1, -0.05) is 0 Å². The smallest absolute Gasteiger partial charge is 0.412 e. The predicted octanol–water partition coefficient (Wildman–Crippen LogP) is 2.47. The van der Waals surface area contributed by atoms with Gasteiger partial charge in [0.2, 0.25) is 0 Å². The first-order chi connectivity index (χ1) is 12.6. The average Bonchev–Trinajstić information content (AvgIpc) is 3.04. The molecule has 3 rings (SSSR count). The van der Waals surface area contributed by atoms with E-state index in [0.717, 1.165) is 11.3 Å². The van der Waals surface area contributed by atoms with Crippen molar-refractivity contribution in [3.63, 3.8) is 0 Å². The highest BCUT2D eigenvalue weighted by Crippen LogP contribution is 2.22. The summed E-state index contributed by atoms with van der Waals surface area (Å²) in [5.74, 6) is 1.21. The number of aromatic nitrogens is 3. The molecule has 9 heteroatoms. The molecule has 0 unspecified atom stereocenters. The molecule has 3 N–H and O–H groups in total. The molecule has 2 heterocycles. The maximum Gasteiger partial charge on any atom is 0.412 e. The normalized spacial score (nSPS) is 11.0. The zero-order valence-corrected chi connectivity index (χ0v) is 14.3. The molecule has 0 saturated carbocycles. The third kappa shape index (κ3) is 3.72. The summed E-state index contributed by atoms with van der Waals surface area (Å²) < 4.78 is 11.5. The average molecular weight is 354 g/mol. The van der Waals surface area contributed by atoms with Gasteiger partial charge in [0.1, 0.15) is 23.4 Å². The summed E-state index contributed by atoms with van der Waals surface area (Å²) in [6.45, 7) is 1.97. The minimum Gasteiger partial charge on any atom is -0.497 e. The number of benzene rings is 1. The molecule has 0 saturated heterocycles. The minimum absolute atomic E-state index is 0.188. The summed E-state index contributed by atoms with van der Waals surface area (Å²) in [5, 5.41) is 6.90. The monoisotopic (exact) mass is 354 g/mol. The number of nitrogens with one attached hydrogen (secondary N) is 1. The van der Waals surface area contributed by atoms with Crippen LogP contribution < -0.4 is 15.8 Å². The summed E-state index contributed by atoms with van der Waals surface area (Å²) in [7, 11) is 1.61. The van der Waals surface area contributed by atoms with Crippen molar-refractivity contribution in [2.45, 2.75) is 6.92 Å². The lowest BCUT2D eigenvalue weighted by Crippen LogP contribution is -2.14. The van der Waals surface area contributed by atoms with E-state index in [1.807, 2.05) is 24.3 Å². The number of imidazole rings is 1. The highest BCUT2D eigenvalue weighted by molar-refractivity contribution is 5.91. The number of rotatable bonds is 5. The topological polar surface area (TPSA) is 117 Å². The van der Waals surface area contributed by atoms with Gasteiger partial charge in [-0.15, -0.1) is 0 Å². The summed E-state index contributed by atoms with van der Waals surface area (Å²) in [5.41, 5.74) is 7.90. The maximum atomic E-state index is 11.6. The van der Waals surface area contributed by atoms with Crippen molar-refractivity contribution >= 4 is 35.0 Å². The summed E-state index contributed by atoms with van der Waals surface area (Å²) in [6.07, 6.45) is 2.60. The van der Waals surface area contributed by atoms with E-state index in [1.165, 1.54) is 6.33 Å². The van der Waals surface area contributed by atoms with Gasteiger partial charge in [0.25, 0.3) is 0 Å². The number of anilines is 2. The van der Waals surface area contributed by atoms with Gasteiger partial charge >= 0.3 is 6.09 Å². The molecule has 0 bridgehead atoms. The van der Waals surface area contributed by atoms with Gasteiger partial charge in [0, 0.05) is 6.07 Å². The van der Waals surface area contributed by atoms with Crippen molar-refractivity contribution in [1.82, 2.24) is 14.6 Å². The Hall–Kier alpha value is -3.62. The fraction of sp³-hybridized carbons (Fsp3) is 0.176. The second-order valence-electron chi connectivity index (χ2n) is 5.21. The van der Waals surface area contributed by atoms with Gasteiger partial charge in [-0.25, -0.2) is 19.4 Å². The number of amides is 1. The Morgan fingerprint density at radius 3 is 2.85 bits per heavy atom. The lowest BCUT2D eigenvalue weighted by Gasteiger charge is -2.06. The number of nitrogen functional groups attached to an aromatic ring is 1. The van der Waals surface area contributed by atoms with Crippen LogP contribution in [0, 0.1) is 0 Å². The molecule has 0 aliphatic heterocycles. The van der Waals surface area contributed by atoms with E-state index in [2.05, 4.69) is 20.4 Å². The van der Waals surface area contributed by atoms with Crippen molar-refractivity contribution in [2.24, 2.45) is 5.10 Å². The van der Waals surface area contributed by atoms with E-state index in [4.69, 9.17) is 15.2 Å². The SMILES string of the molecule is CCOC(=O)Nc1cc2c(ncn2N=Cc2ccc(OC)cc2)c(N)n1. The zero-order valence-electron chi connectivity index (χ0n) is 14.3. The third-order valence-corrected chi connectivity index (χ3v) is 3.50. The van der Waals surface area contributed by atoms with Crippen LogP contribution in [-0.2, 0) is 4.74 Å². The number of carbonyl (C=O) groups excluding carboxylic acids is 1. The Labute approximate surface area is 149 Å². The Morgan fingerprint density at radius 1 is 1.38 bits per heavy atom. The van der Waals surface area contributed by atoms with E-state index in [-0.39, 0.29) is 18.2 Å². The molecule has 3 aromatic rings. The van der Waals surface area contributed by atoms with Gasteiger partial charge in [-0.2, -0.15) is 5.10 Å². The molecular weight excluding hydrogens is 336 g/mol. The van der Waals surface area contributed by atoms with E-state index in [1.54, 1.807) is 31.0 Å². The van der Waals surface area contributed by atoms with Gasteiger partial charge in [-0.05, 0) is 36.8 Å². The molecule has 0 atom stereocenters. The highest BCUT2D eigenvalue weighted by Gasteiger charge is 2.11. The zero-order chi connectivity index (χ0) is 18.5. The fourth-order valence-electron chi connectivity index (χ4n) is 2.27. The first-order valence-electron chi connectivity index (χ1n) is 7.86. The molecule has 0 aliphatic carbocycles. The van der Waals surface area contributed by atoms with Gasteiger partial charge < -0.3 is 15.2 Å². The molecule has 0 radical (unpaired) electrons.